The van der Waals surface area contributed by atoms with Crippen LogP contribution in [-0.4, -0.2) is 11.9 Å². The predicted octanol–water partition coefficient (Wildman–Crippen LogP) is 4.85. The van der Waals surface area contributed by atoms with Crippen molar-refractivity contribution in [1.29, 1.82) is 0 Å². The van der Waals surface area contributed by atoms with Gasteiger partial charge >= 0.3 is 0 Å². The first-order valence-corrected chi connectivity index (χ1v) is 7.99. The quantitative estimate of drug-likeness (QED) is 0.500. The van der Waals surface area contributed by atoms with Gasteiger partial charge < -0.3 is 4.74 Å². The van der Waals surface area contributed by atoms with Gasteiger partial charge in [-0.15, -0.1) is 0 Å². The minimum Gasteiger partial charge on any atom is -0.493 e. The molecule has 0 N–H and O–H groups in total. The van der Waals surface area contributed by atoms with Gasteiger partial charge in [0.15, 0.2) is 0 Å². The van der Waals surface area contributed by atoms with E-state index in [1.54, 1.807) is 0 Å². The highest BCUT2D eigenvalue weighted by Crippen LogP contribution is 2.21. The van der Waals surface area contributed by atoms with E-state index in [-0.39, 0.29) is 0 Å². The Morgan fingerprint density at radius 2 is 1.67 bits per heavy atom. The highest BCUT2D eigenvalue weighted by atomic mass is 127. The van der Waals surface area contributed by atoms with Crippen LogP contribution < -0.4 is 4.74 Å². The molecule has 0 fully saturated rings. The molecule has 1 atom stereocenters. The summed E-state index contributed by atoms with van der Waals surface area (Å²) in [6, 6.07) is 18.6. The van der Waals surface area contributed by atoms with E-state index in [4.69, 9.17) is 4.74 Å². The van der Waals surface area contributed by atoms with Crippen LogP contribution in [0.5, 0.6) is 5.75 Å². The molecule has 0 saturated heterocycles. The summed E-state index contributed by atoms with van der Waals surface area (Å²) < 4.78 is 7.06. The van der Waals surface area contributed by atoms with E-state index in [2.05, 4.69) is 74.9 Å². The van der Waals surface area contributed by atoms with Crippen LogP contribution in [0.3, 0.4) is 0 Å². The molecule has 0 saturated carbocycles. The average molecular weight is 417 g/mol. The lowest BCUT2D eigenvalue weighted by molar-refractivity contribution is 0.298. The van der Waals surface area contributed by atoms with E-state index < -0.39 is 0 Å². The lowest BCUT2D eigenvalue weighted by Crippen LogP contribution is -2.11. The van der Waals surface area contributed by atoms with Crippen molar-refractivity contribution < 1.29 is 4.74 Å². The second kappa shape index (κ2) is 7.14. The van der Waals surface area contributed by atoms with Crippen molar-refractivity contribution in [3.8, 4) is 5.75 Å². The molecule has 2 aromatic rings. The van der Waals surface area contributed by atoms with Crippen molar-refractivity contribution in [1.82, 2.24) is 0 Å². The van der Waals surface area contributed by atoms with E-state index in [9.17, 15) is 0 Å². The van der Waals surface area contributed by atoms with Crippen LogP contribution in [0.2, 0.25) is 0 Å². The van der Waals surface area contributed by atoms with Crippen molar-refractivity contribution >= 4 is 38.5 Å². The molecule has 0 aliphatic rings. The molecule has 0 bridgehead atoms. The van der Waals surface area contributed by atoms with Crippen molar-refractivity contribution in [3.05, 3.63) is 63.7 Å². The van der Waals surface area contributed by atoms with E-state index in [0.717, 1.165) is 11.1 Å². The van der Waals surface area contributed by atoms with Gasteiger partial charge in [0.2, 0.25) is 0 Å². The largest absolute Gasteiger partial charge is 0.493 e. The molecule has 1 nitrogen and oxygen atoms in total. The number of benzene rings is 2. The van der Waals surface area contributed by atoms with Gasteiger partial charge in [0.25, 0.3) is 0 Å². The summed E-state index contributed by atoms with van der Waals surface area (Å²) >= 11 is 5.85. The number of halogens is 2. The van der Waals surface area contributed by atoms with Gasteiger partial charge in [-0.2, -0.15) is 0 Å². The molecule has 0 aliphatic carbocycles. The second-order valence-electron chi connectivity index (χ2n) is 4.03. The third-order valence-corrected chi connectivity index (χ3v) is 4.22. The van der Waals surface area contributed by atoms with Crippen molar-refractivity contribution in [2.24, 2.45) is 0 Å². The van der Waals surface area contributed by atoms with E-state index in [1.165, 1.54) is 9.13 Å². The first-order chi connectivity index (χ1) is 8.79. The molecule has 0 aliphatic heterocycles. The van der Waals surface area contributed by atoms with Gasteiger partial charge in [-0.3, -0.25) is 0 Å². The van der Waals surface area contributed by atoms with Gasteiger partial charge in [-0.05, 0) is 52.4 Å². The Bertz CT molecular complexity index is 470. The molecule has 0 radical (unpaired) electrons. The summed E-state index contributed by atoms with van der Waals surface area (Å²) in [5.41, 5.74) is 1.31. The van der Waals surface area contributed by atoms with Gasteiger partial charge in [-0.25, -0.2) is 0 Å². The molecular formula is C15H14BrIO. The third-order valence-electron chi connectivity index (χ3n) is 2.72. The molecule has 18 heavy (non-hydrogen) atoms. The van der Waals surface area contributed by atoms with Crippen LogP contribution in [0.25, 0.3) is 0 Å². The maximum Gasteiger partial charge on any atom is 0.119 e. The minimum atomic E-state index is 0.380. The second-order valence-corrected chi connectivity index (χ2v) is 5.92. The van der Waals surface area contributed by atoms with Crippen LogP contribution >= 0.6 is 38.5 Å². The first-order valence-electron chi connectivity index (χ1n) is 5.79. The van der Waals surface area contributed by atoms with Gasteiger partial charge in [0, 0.05) is 14.8 Å². The van der Waals surface area contributed by atoms with Crippen molar-refractivity contribution in [3.63, 3.8) is 0 Å². The minimum absolute atomic E-state index is 0.380. The van der Waals surface area contributed by atoms with Crippen molar-refractivity contribution in [2.75, 3.05) is 11.9 Å². The Kier molecular flexibility index (Phi) is 5.50. The summed E-state index contributed by atoms with van der Waals surface area (Å²) in [6.07, 6.45) is 0. The van der Waals surface area contributed by atoms with Crippen molar-refractivity contribution in [2.45, 2.75) is 5.92 Å². The zero-order valence-corrected chi connectivity index (χ0v) is 13.6. The number of hydrogen-bond donors (Lipinski definition) is 0. The predicted molar refractivity (Wildman–Crippen MR) is 87.6 cm³/mol. The molecule has 2 rings (SSSR count). The Hall–Kier alpha value is -0.550. The van der Waals surface area contributed by atoms with Crippen LogP contribution in [0.15, 0.2) is 54.6 Å². The van der Waals surface area contributed by atoms with E-state index >= 15 is 0 Å². The zero-order chi connectivity index (χ0) is 12.8. The van der Waals surface area contributed by atoms with Crippen LogP contribution in [0.4, 0.5) is 0 Å². The maximum atomic E-state index is 5.84. The maximum absolute atomic E-state index is 5.84. The molecular weight excluding hydrogens is 403 g/mol. The molecule has 2 aromatic carbocycles. The lowest BCUT2D eigenvalue weighted by atomic mass is 10.0. The highest BCUT2D eigenvalue weighted by Gasteiger charge is 2.10. The molecule has 94 valence electrons. The van der Waals surface area contributed by atoms with E-state index in [0.29, 0.717) is 12.5 Å². The molecule has 0 spiro atoms. The Labute approximate surface area is 130 Å². The highest BCUT2D eigenvalue weighted by molar-refractivity contribution is 14.1. The molecule has 0 amide bonds. The number of ether oxygens (including phenoxy) is 1. The summed E-state index contributed by atoms with van der Waals surface area (Å²) in [6.45, 7) is 0.690. The topological polar surface area (TPSA) is 9.23 Å². The standard InChI is InChI=1S/C15H14BrIO/c16-10-13(12-4-2-1-3-5-12)11-18-15-8-6-14(17)7-9-15/h1-9,13H,10-11H2. The fourth-order valence-electron chi connectivity index (χ4n) is 1.68. The summed E-state index contributed by atoms with van der Waals surface area (Å²) in [7, 11) is 0. The third kappa shape index (κ3) is 3.99. The summed E-state index contributed by atoms with van der Waals surface area (Å²) in [5, 5.41) is 0.904. The molecule has 3 heteroatoms. The number of rotatable bonds is 5. The monoisotopic (exact) mass is 416 g/mol. The van der Waals surface area contributed by atoms with Gasteiger partial charge in [-0.1, -0.05) is 46.3 Å². The first kappa shape index (κ1) is 13.9. The average Bonchev–Trinajstić information content (AvgIpc) is 2.43. The molecule has 0 heterocycles. The fraction of sp³-hybridized carbons (Fsp3) is 0.200. The normalized spacial score (nSPS) is 12.1. The molecule has 1 unspecified atom stereocenters. The van der Waals surface area contributed by atoms with Gasteiger partial charge in [0.05, 0.1) is 6.61 Å². The SMILES string of the molecule is BrCC(COc1ccc(I)cc1)c1ccccc1. The van der Waals surface area contributed by atoms with Crippen LogP contribution in [-0.2, 0) is 0 Å². The molecule has 0 aromatic heterocycles. The zero-order valence-electron chi connectivity index (χ0n) is 9.85. The number of alkyl halides is 1. The van der Waals surface area contributed by atoms with Crippen LogP contribution in [0, 0.1) is 3.57 Å². The smallest absolute Gasteiger partial charge is 0.119 e. The fourth-order valence-corrected chi connectivity index (χ4v) is 2.60. The Balaban J connectivity index is 1.97. The number of hydrogen-bond acceptors (Lipinski definition) is 1. The Morgan fingerprint density at radius 1 is 1.00 bits per heavy atom. The summed E-state index contributed by atoms with van der Waals surface area (Å²) in [5.74, 6) is 1.31. The summed E-state index contributed by atoms with van der Waals surface area (Å²) in [4.78, 5) is 0. The Morgan fingerprint density at radius 3 is 2.28 bits per heavy atom. The van der Waals surface area contributed by atoms with E-state index in [1.807, 2.05) is 18.2 Å². The lowest BCUT2D eigenvalue weighted by Gasteiger charge is -2.15. The van der Waals surface area contributed by atoms with Crippen LogP contribution in [0.1, 0.15) is 11.5 Å². The van der Waals surface area contributed by atoms with Gasteiger partial charge in [0.1, 0.15) is 5.75 Å².